The largest absolute Gasteiger partial charge is 0.351 e. The van der Waals surface area contributed by atoms with Gasteiger partial charge in [0.2, 0.25) is 15.9 Å². The number of amides is 1. The molecule has 2 saturated heterocycles. The van der Waals surface area contributed by atoms with Crippen molar-refractivity contribution >= 4 is 15.9 Å². The summed E-state index contributed by atoms with van der Waals surface area (Å²) in [5, 5.41) is 2.92. The second kappa shape index (κ2) is 9.17. The number of hydrogen-bond acceptors (Lipinski definition) is 4. The Kier molecular flexibility index (Phi) is 6.89. The Morgan fingerprint density at radius 3 is 2.41 bits per heavy atom. The molecule has 2 heterocycles. The maximum atomic E-state index is 12.6. The van der Waals surface area contributed by atoms with E-state index in [9.17, 15) is 13.2 Å². The number of carbonyl (C=O) groups is 1. The van der Waals surface area contributed by atoms with Crippen molar-refractivity contribution in [2.24, 2.45) is 0 Å². The fraction of sp³-hybridized carbons (Fsp3) is 0.650. The lowest BCUT2D eigenvalue weighted by Gasteiger charge is -2.23. The van der Waals surface area contributed by atoms with Gasteiger partial charge in [0.15, 0.2) is 0 Å². The smallest absolute Gasteiger partial charge is 0.238 e. The summed E-state index contributed by atoms with van der Waals surface area (Å²) in [7, 11) is -3.34. The van der Waals surface area contributed by atoms with Crippen LogP contribution in [0.3, 0.4) is 0 Å². The fourth-order valence-electron chi connectivity index (χ4n) is 3.98. The molecule has 7 heteroatoms. The van der Waals surface area contributed by atoms with E-state index in [1.807, 2.05) is 19.1 Å². The van der Waals surface area contributed by atoms with E-state index >= 15 is 0 Å². The number of sulfonamides is 1. The Labute approximate surface area is 163 Å². The van der Waals surface area contributed by atoms with Crippen LogP contribution in [0.15, 0.2) is 24.3 Å². The molecule has 150 valence electrons. The van der Waals surface area contributed by atoms with Crippen LogP contribution in [0.5, 0.6) is 0 Å². The molecule has 0 aromatic heterocycles. The molecule has 1 aromatic carbocycles. The summed E-state index contributed by atoms with van der Waals surface area (Å²) in [5.41, 5.74) is 2.33. The predicted molar refractivity (Wildman–Crippen MR) is 107 cm³/mol. The molecular formula is C20H31N3O3S. The van der Waals surface area contributed by atoms with E-state index in [1.54, 1.807) is 0 Å². The normalized spacial score (nSPS) is 21.6. The second-order valence-corrected chi connectivity index (χ2v) is 9.64. The highest BCUT2D eigenvalue weighted by Gasteiger charge is 2.37. The summed E-state index contributed by atoms with van der Waals surface area (Å²) in [4.78, 5) is 15.0. The average Bonchev–Trinajstić information content (AvgIpc) is 3.33. The lowest BCUT2D eigenvalue weighted by Crippen LogP contribution is -2.46. The molecule has 1 unspecified atom stereocenters. The van der Waals surface area contributed by atoms with Crippen molar-refractivity contribution in [1.82, 2.24) is 14.5 Å². The highest BCUT2D eigenvalue weighted by molar-refractivity contribution is 7.89. The first-order valence-electron chi connectivity index (χ1n) is 10.1. The summed E-state index contributed by atoms with van der Waals surface area (Å²) in [6, 6.07) is 7.77. The highest BCUT2D eigenvalue weighted by atomic mass is 32.2. The van der Waals surface area contributed by atoms with E-state index < -0.39 is 16.1 Å². The van der Waals surface area contributed by atoms with Crippen LogP contribution in [0.2, 0.25) is 0 Å². The van der Waals surface area contributed by atoms with E-state index in [-0.39, 0.29) is 11.7 Å². The standard InChI is InChI=1S/C20H31N3O3S/c1-2-14-27(25,26)23-13-5-6-19(23)20(24)21-15-17-7-9-18(10-8-17)16-22-11-3-4-12-22/h7-10,19H,2-6,11-16H2,1H3,(H,21,24). The van der Waals surface area contributed by atoms with Gasteiger partial charge in [-0.1, -0.05) is 31.2 Å². The lowest BCUT2D eigenvalue weighted by molar-refractivity contribution is -0.124. The number of likely N-dealkylation sites (tertiary alicyclic amines) is 1. The minimum absolute atomic E-state index is 0.106. The molecule has 1 amide bonds. The van der Waals surface area contributed by atoms with Crippen molar-refractivity contribution in [3.63, 3.8) is 0 Å². The minimum Gasteiger partial charge on any atom is -0.351 e. The van der Waals surface area contributed by atoms with Gasteiger partial charge in [-0.3, -0.25) is 9.69 Å². The maximum Gasteiger partial charge on any atom is 0.238 e. The van der Waals surface area contributed by atoms with Gasteiger partial charge < -0.3 is 5.32 Å². The van der Waals surface area contributed by atoms with Crippen molar-refractivity contribution in [3.05, 3.63) is 35.4 Å². The minimum atomic E-state index is -3.34. The third-order valence-electron chi connectivity index (χ3n) is 5.42. The quantitative estimate of drug-likeness (QED) is 0.734. The number of nitrogens with one attached hydrogen (secondary N) is 1. The molecule has 1 aromatic rings. The van der Waals surface area contributed by atoms with E-state index in [0.29, 0.717) is 25.9 Å². The SMILES string of the molecule is CCCS(=O)(=O)N1CCCC1C(=O)NCc1ccc(CN2CCCC2)cc1. The van der Waals surface area contributed by atoms with Gasteiger partial charge in [0, 0.05) is 19.6 Å². The Morgan fingerprint density at radius 2 is 1.74 bits per heavy atom. The van der Waals surface area contributed by atoms with Gasteiger partial charge in [-0.25, -0.2) is 8.42 Å². The zero-order chi connectivity index (χ0) is 19.3. The van der Waals surface area contributed by atoms with Gasteiger partial charge in [-0.15, -0.1) is 0 Å². The monoisotopic (exact) mass is 393 g/mol. The lowest BCUT2D eigenvalue weighted by atomic mass is 10.1. The maximum absolute atomic E-state index is 12.6. The molecule has 0 spiro atoms. The summed E-state index contributed by atoms with van der Waals surface area (Å²) < 4.78 is 26.1. The highest BCUT2D eigenvalue weighted by Crippen LogP contribution is 2.22. The van der Waals surface area contributed by atoms with E-state index in [1.165, 1.54) is 35.8 Å². The molecule has 3 rings (SSSR count). The number of carbonyl (C=O) groups excluding carboxylic acids is 1. The van der Waals surface area contributed by atoms with Crippen LogP contribution in [-0.2, 0) is 27.9 Å². The van der Waals surface area contributed by atoms with Crippen molar-refractivity contribution in [2.45, 2.75) is 58.2 Å². The average molecular weight is 394 g/mol. The Bertz CT molecular complexity index is 727. The fourth-order valence-corrected chi connectivity index (χ4v) is 5.73. The van der Waals surface area contributed by atoms with Crippen LogP contribution in [0.1, 0.15) is 50.2 Å². The van der Waals surface area contributed by atoms with Crippen LogP contribution in [-0.4, -0.2) is 55.0 Å². The van der Waals surface area contributed by atoms with Gasteiger partial charge in [-0.05, 0) is 56.3 Å². The van der Waals surface area contributed by atoms with Crippen LogP contribution in [0.25, 0.3) is 0 Å². The van der Waals surface area contributed by atoms with Gasteiger partial charge >= 0.3 is 0 Å². The molecule has 2 aliphatic rings. The third kappa shape index (κ3) is 5.30. The summed E-state index contributed by atoms with van der Waals surface area (Å²) in [6.07, 6.45) is 4.49. The number of benzene rings is 1. The first kappa shape index (κ1) is 20.3. The Balaban J connectivity index is 1.52. The number of nitrogens with zero attached hydrogens (tertiary/aromatic N) is 2. The predicted octanol–water partition coefficient (Wildman–Crippen LogP) is 2.10. The summed E-state index contributed by atoms with van der Waals surface area (Å²) >= 11 is 0. The topological polar surface area (TPSA) is 69.7 Å². The van der Waals surface area contributed by atoms with Gasteiger partial charge in [0.05, 0.1) is 5.75 Å². The van der Waals surface area contributed by atoms with E-state index in [0.717, 1.165) is 18.5 Å². The number of hydrogen-bond donors (Lipinski definition) is 1. The van der Waals surface area contributed by atoms with E-state index in [4.69, 9.17) is 0 Å². The third-order valence-corrected chi connectivity index (χ3v) is 7.50. The van der Waals surface area contributed by atoms with Gasteiger partial charge in [-0.2, -0.15) is 4.31 Å². The molecule has 27 heavy (non-hydrogen) atoms. The van der Waals surface area contributed by atoms with Crippen LogP contribution < -0.4 is 5.32 Å². The first-order valence-corrected chi connectivity index (χ1v) is 11.7. The van der Waals surface area contributed by atoms with Crippen LogP contribution >= 0.6 is 0 Å². The molecule has 1 N–H and O–H groups in total. The number of rotatable bonds is 8. The molecule has 0 aliphatic carbocycles. The van der Waals surface area contributed by atoms with Crippen molar-refractivity contribution < 1.29 is 13.2 Å². The van der Waals surface area contributed by atoms with Gasteiger partial charge in [0.1, 0.15) is 6.04 Å². The molecular weight excluding hydrogens is 362 g/mol. The second-order valence-electron chi connectivity index (χ2n) is 7.60. The molecule has 6 nitrogen and oxygen atoms in total. The molecule has 0 saturated carbocycles. The van der Waals surface area contributed by atoms with E-state index in [2.05, 4.69) is 22.3 Å². The Hall–Kier alpha value is -1.44. The zero-order valence-electron chi connectivity index (χ0n) is 16.2. The molecule has 0 bridgehead atoms. The molecule has 2 fully saturated rings. The molecule has 0 radical (unpaired) electrons. The first-order chi connectivity index (χ1) is 13.0. The summed E-state index contributed by atoms with van der Waals surface area (Å²) in [5.74, 6) is -0.0803. The van der Waals surface area contributed by atoms with Crippen molar-refractivity contribution in [3.8, 4) is 0 Å². The molecule has 1 atom stereocenters. The van der Waals surface area contributed by atoms with Crippen molar-refractivity contribution in [2.75, 3.05) is 25.4 Å². The summed E-state index contributed by atoms with van der Waals surface area (Å²) in [6.45, 7) is 6.06. The molecule has 2 aliphatic heterocycles. The van der Waals surface area contributed by atoms with Crippen LogP contribution in [0, 0.1) is 0 Å². The van der Waals surface area contributed by atoms with Crippen LogP contribution in [0.4, 0.5) is 0 Å². The van der Waals surface area contributed by atoms with Gasteiger partial charge in [0.25, 0.3) is 0 Å². The zero-order valence-corrected chi connectivity index (χ0v) is 17.0. The van der Waals surface area contributed by atoms with Crippen molar-refractivity contribution in [1.29, 1.82) is 0 Å². The Morgan fingerprint density at radius 1 is 1.07 bits per heavy atom.